The molecule has 7 heteroatoms. The van der Waals surface area contributed by atoms with E-state index in [0.717, 1.165) is 0 Å². The van der Waals surface area contributed by atoms with Gasteiger partial charge in [0, 0.05) is 25.8 Å². The first-order valence-corrected chi connectivity index (χ1v) is 8.48. The van der Waals surface area contributed by atoms with Gasteiger partial charge < -0.3 is 24.6 Å². The molecule has 25 heavy (non-hydrogen) atoms. The van der Waals surface area contributed by atoms with Crippen molar-refractivity contribution in [1.82, 2.24) is 5.32 Å². The molecule has 4 atom stereocenters. The number of carbonyl (C=O) groups excluding carboxylic acids is 2. The van der Waals surface area contributed by atoms with Crippen LogP contribution in [0.4, 0.5) is 0 Å². The van der Waals surface area contributed by atoms with E-state index >= 15 is 0 Å². The molecule has 1 saturated heterocycles. The van der Waals surface area contributed by atoms with E-state index in [1.54, 1.807) is 19.9 Å². The fraction of sp³-hybridized carbons (Fsp3) is 0.667. The number of rotatable bonds is 7. The van der Waals surface area contributed by atoms with Gasteiger partial charge >= 0.3 is 5.97 Å². The molecule has 1 heterocycles. The average molecular weight is 353 g/mol. The molecular weight excluding hydrogens is 326 g/mol. The predicted molar refractivity (Wildman–Crippen MR) is 90.5 cm³/mol. The maximum atomic E-state index is 12.4. The van der Waals surface area contributed by atoms with Crippen LogP contribution < -0.4 is 5.32 Å². The van der Waals surface area contributed by atoms with Crippen molar-refractivity contribution in [2.24, 2.45) is 0 Å². The van der Waals surface area contributed by atoms with Gasteiger partial charge in [-0.05, 0) is 20.3 Å². The Labute approximate surface area is 148 Å². The Morgan fingerprint density at radius 2 is 2.00 bits per heavy atom. The summed E-state index contributed by atoms with van der Waals surface area (Å²) in [5.74, 6) is -1.83. The van der Waals surface area contributed by atoms with Crippen LogP contribution in [-0.4, -0.2) is 53.2 Å². The van der Waals surface area contributed by atoms with Crippen molar-refractivity contribution < 1.29 is 28.9 Å². The van der Waals surface area contributed by atoms with Crippen molar-refractivity contribution >= 4 is 11.9 Å². The van der Waals surface area contributed by atoms with Gasteiger partial charge in [0.25, 0.3) is 5.91 Å². The average Bonchev–Trinajstić information content (AvgIpc) is 2.84. The molecule has 0 spiro atoms. The van der Waals surface area contributed by atoms with Crippen molar-refractivity contribution in [3.63, 3.8) is 0 Å². The molecule has 1 aliphatic carbocycles. The number of esters is 1. The zero-order valence-electron chi connectivity index (χ0n) is 14.8. The Hall–Kier alpha value is -1.70. The van der Waals surface area contributed by atoms with E-state index in [-0.39, 0.29) is 25.8 Å². The van der Waals surface area contributed by atoms with Crippen LogP contribution in [0.1, 0.15) is 39.5 Å². The smallest absolute Gasteiger partial charge is 0.306 e. The van der Waals surface area contributed by atoms with Crippen LogP contribution in [0.25, 0.3) is 0 Å². The number of ether oxygens (including phenoxy) is 3. The molecule has 1 aliphatic heterocycles. The predicted octanol–water partition coefficient (Wildman–Crippen LogP) is 1.21. The Balaban J connectivity index is 2.16. The molecule has 7 nitrogen and oxygen atoms in total. The van der Waals surface area contributed by atoms with Crippen molar-refractivity contribution in [3.8, 4) is 0 Å². The Kier molecular flexibility index (Phi) is 6.03. The minimum absolute atomic E-state index is 0.0452. The maximum absolute atomic E-state index is 12.4. The van der Waals surface area contributed by atoms with Crippen molar-refractivity contribution in [2.75, 3.05) is 6.54 Å². The first kappa shape index (κ1) is 19.6. The third kappa shape index (κ3) is 4.68. The number of carbonyl (C=O) groups is 2. The van der Waals surface area contributed by atoms with Crippen LogP contribution >= 0.6 is 0 Å². The van der Waals surface area contributed by atoms with Crippen LogP contribution in [0, 0.1) is 0 Å². The molecule has 2 aliphatic rings. The quantitative estimate of drug-likeness (QED) is 0.528. The number of hydrogen-bond acceptors (Lipinski definition) is 6. The van der Waals surface area contributed by atoms with Crippen LogP contribution in [-0.2, 0) is 23.8 Å². The minimum atomic E-state index is -1.70. The number of hydrogen-bond donors (Lipinski definition) is 2. The molecule has 2 N–H and O–H groups in total. The van der Waals surface area contributed by atoms with Gasteiger partial charge in [-0.25, -0.2) is 0 Å². The highest BCUT2D eigenvalue weighted by Crippen LogP contribution is 2.42. The molecule has 0 aromatic carbocycles. The second-order valence-corrected chi connectivity index (χ2v) is 6.93. The highest BCUT2D eigenvalue weighted by atomic mass is 16.8. The summed E-state index contributed by atoms with van der Waals surface area (Å²) < 4.78 is 17.2. The highest BCUT2D eigenvalue weighted by molar-refractivity contribution is 5.85. The molecule has 0 aromatic heterocycles. The topological polar surface area (TPSA) is 94.1 Å². The highest BCUT2D eigenvalue weighted by Gasteiger charge is 2.57. The molecule has 0 radical (unpaired) electrons. The monoisotopic (exact) mass is 353 g/mol. The van der Waals surface area contributed by atoms with Gasteiger partial charge in [-0.3, -0.25) is 9.59 Å². The maximum Gasteiger partial charge on any atom is 0.306 e. The molecule has 0 aromatic rings. The fourth-order valence-electron chi connectivity index (χ4n) is 3.27. The van der Waals surface area contributed by atoms with E-state index in [1.807, 2.05) is 0 Å². The lowest BCUT2D eigenvalue weighted by Crippen LogP contribution is -2.59. The van der Waals surface area contributed by atoms with E-state index in [2.05, 4.69) is 18.5 Å². The molecular formula is C18H27NO6. The van der Waals surface area contributed by atoms with E-state index in [4.69, 9.17) is 14.2 Å². The number of fused-ring (bicyclic) bond motifs is 1. The summed E-state index contributed by atoms with van der Waals surface area (Å²) in [7, 11) is 0. The Bertz CT molecular complexity index is 546. The van der Waals surface area contributed by atoms with Crippen molar-refractivity contribution in [3.05, 3.63) is 25.3 Å². The number of amides is 1. The van der Waals surface area contributed by atoms with Crippen LogP contribution in [0.3, 0.4) is 0 Å². The van der Waals surface area contributed by atoms with Gasteiger partial charge in [0.2, 0.25) is 0 Å². The summed E-state index contributed by atoms with van der Waals surface area (Å²) in [6.07, 6.45) is 2.03. The largest absolute Gasteiger partial charge is 0.459 e. The number of aliphatic hydroxyl groups is 1. The van der Waals surface area contributed by atoms with E-state index in [1.165, 1.54) is 6.08 Å². The lowest BCUT2D eigenvalue weighted by atomic mass is 9.79. The van der Waals surface area contributed by atoms with Gasteiger partial charge in [0.15, 0.2) is 5.79 Å². The fourth-order valence-corrected chi connectivity index (χ4v) is 3.27. The first-order valence-electron chi connectivity index (χ1n) is 8.48. The Morgan fingerprint density at radius 1 is 1.28 bits per heavy atom. The first-order chi connectivity index (χ1) is 11.7. The summed E-state index contributed by atoms with van der Waals surface area (Å²) in [5, 5.41) is 13.4. The van der Waals surface area contributed by atoms with Gasteiger partial charge in [-0.2, -0.15) is 0 Å². The SMILES string of the molecule is C=CCCC(=O)OC1C[C@](O)(C(=O)NCC=C)C[C@H]2OC(C)(C)O[C@@H]12. The lowest BCUT2D eigenvalue weighted by molar-refractivity contribution is -0.180. The van der Waals surface area contributed by atoms with Gasteiger partial charge in [-0.1, -0.05) is 12.2 Å². The third-order valence-corrected chi connectivity index (χ3v) is 4.33. The van der Waals surface area contributed by atoms with Crippen LogP contribution in [0.5, 0.6) is 0 Å². The van der Waals surface area contributed by atoms with Gasteiger partial charge in [0.1, 0.15) is 17.8 Å². The zero-order chi connectivity index (χ0) is 18.7. The summed E-state index contributed by atoms with van der Waals surface area (Å²) in [4.78, 5) is 24.4. The van der Waals surface area contributed by atoms with Crippen LogP contribution in [0.2, 0.25) is 0 Å². The molecule has 2 rings (SSSR count). The molecule has 1 saturated carbocycles. The third-order valence-electron chi connectivity index (χ3n) is 4.33. The molecule has 1 unspecified atom stereocenters. The normalized spacial score (nSPS) is 33.2. The molecule has 0 bridgehead atoms. The molecule has 140 valence electrons. The van der Waals surface area contributed by atoms with Crippen molar-refractivity contribution in [1.29, 1.82) is 0 Å². The van der Waals surface area contributed by atoms with Gasteiger partial charge in [0.05, 0.1) is 6.10 Å². The Morgan fingerprint density at radius 3 is 2.64 bits per heavy atom. The standard InChI is InChI=1S/C18H27NO6/c1-5-7-8-14(20)23-12-10-18(22,16(21)19-9-6-2)11-13-15(12)25-17(3,4)24-13/h5-6,12-13,15,22H,1-2,7-11H2,3-4H3,(H,19,21)/t12?,13-,15+,18-/m1/s1. The summed E-state index contributed by atoms with van der Waals surface area (Å²) in [5.41, 5.74) is -1.70. The summed E-state index contributed by atoms with van der Waals surface area (Å²) >= 11 is 0. The summed E-state index contributed by atoms with van der Waals surface area (Å²) in [6, 6.07) is 0. The van der Waals surface area contributed by atoms with E-state index < -0.39 is 41.6 Å². The van der Waals surface area contributed by atoms with Crippen LogP contribution in [0.15, 0.2) is 25.3 Å². The molecule has 2 fully saturated rings. The van der Waals surface area contributed by atoms with Crippen molar-refractivity contribution in [2.45, 2.75) is 69.2 Å². The number of nitrogens with one attached hydrogen (secondary N) is 1. The van der Waals surface area contributed by atoms with Gasteiger partial charge in [-0.15, -0.1) is 13.2 Å². The summed E-state index contributed by atoms with van der Waals surface area (Å²) in [6.45, 7) is 10.8. The number of allylic oxidation sites excluding steroid dienone is 1. The zero-order valence-corrected chi connectivity index (χ0v) is 14.8. The van der Waals surface area contributed by atoms with E-state index in [9.17, 15) is 14.7 Å². The minimum Gasteiger partial charge on any atom is -0.459 e. The molecule has 1 amide bonds. The van der Waals surface area contributed by atoms with E-state index in [0.29, 0.717) is 6.42 Å². The lowest BCUT2D eigenvalue weighted by Gasteiger charge is -2.40. The second-order valence-electron chi connectivity index (χ2n) is 6.93. The second kappa shape index (κ2) is 7.68.